The highest BCUT2D eigenvalue weighted by Gasteiger charge is 2.37. The van der Waals surface area contributed by atoms with E-state index in [9.17, 15) is 4.79 Å². The molecule has 2 aliphatic rings. The second-order valence-electron chi connectivity index (χ2n) is 6.35. The number of likely N-dealkylation sites (tertiary alicyclic amines) is 1. The summed E-state index contributed by atoms with van der Waals surface area (Å²) < 4.78 is 0. The molecule has 1 atom stereocenters. The summed E-state index contributed by atoms with van der Waals surface area (Å²) in [5, 5.41) is 0. The van der Waals surface area contributed by atoms with Crippen molar-refractivity contribution < 1.29 is 4.79 Å². The Morgan fingerprint density at radius 2 is 2.06 bits per heavy atom. The Morgan fingerprint density at radius 1 is 1.33 bits per heavy atom. The lowest BCUT2D eigenvalue weighted by Crippen LogP contribution is -2.41. The number of carbonyl (C=O) groups is 1. The Bertz CT molecular complexity index is 286. The molecular weight excluding hydrogens is 242 g/mol. The van der Waals surface area contributed by atoms with Crippen molar-refractivity contribution in [1.82, 2.24) is 4.90 Å². The van der Waals surface area contributed by atoms with Crippen LogP contribution in [0.3, 0.4) is 0 Å². The minimum Gasteiger partial charge on any atom is -0.342 e. The predicted octanol–water partition coefficient (Wildman–Crippen LogP) is 3.52. The van der Waals surface area contributed by atoms with Crippen molar-refractivity contribution >= 4 is 18.5 Å². The van der Waals surface area contributed by atoms with Gasteiger partial charge in [0.25, 0.3) is 0 Å². The molecule has 0 spiro atoms. The van der Waals surface area contributed by atoms with Crippen LogP contribution >= 0.6 is 12.6 Å². The molecule has 1 heterocycles. The van der Waals surface area contributed by atoms with Gasteiger partial charge in [-0.2, -0.15) is 12.6 Å². The van der Waals surface area contributed by atoms with Crippen molar-refractivity contribution in [2.75, 3.05) is 18.8 Å². The van der Waals surface area contributed by atoms with Crippen LogP contribution in [-0.4, -0.2) is 29.6 Å². The first-order chi connectivity index (χ1) is 8.69. The van der Waals surface area contributed by atoms with E-state index in [1.807, 2.05) is 0 Å². The average molecular weight is 269 g/mol. The summed E-state index contributed by atoms with van der Waals surface area (Å²) >= 11 is 4.58. The van der Waals surface area contributed by atoms with Gasteiger partial charge in [0.15, 0.2) is 0 Å². The van der Waals surface area contributed by atoms with E-state index in [1.54, 1.807) is 0 Å². The van der Waals surface area contributed by atoms with Gasteiger partial charge >= 0.3 is 0 Å². The molecule has 18 heavy (non-hydrogen) atoms. The smallest absolute Gasteiger partial charge is 0.222 e. The molecule has 3 heteroatoms. The van der Waals surface area contributed by atoms with Gasteiger partial charge in [0, 0.05) is 19.5 Å². The summed E-state index contributed by atoms with van der Waals surface area (Å²) in [5.74, 6) is 1.94. The third-order valence-electron chi connectivity index (χ3n) is 4.77. The number of carbonyl (C=O) groups excluding carboxylic acids is 1. The fourth-order valence-electron chi connectivity index (χ4n) is 3.68. The first-order valence-electron chi connectivity index (χ1n) is 7.58. The third kappa shape index (κ3) is 3.23. The Hall–Kier alpha value is -0.180. The van der Waals surface area contributed by atoms with Crippen LogP contribution in [0.1, 0.15) is 58.3 Å². The summed E-state index contributed by atoms with van der Waals surface area (Å²) in [4.78, 5) is 14.2. The van der Waals surface area contributed by atoms with E-state index in [-0.39, 0.29) is 0 Å². The van der Waals surface area contributed by atoms with Gasteiger partial charge in [-0.05, 0) is 36.3 Å². The standard InChI is InChI=1S/C15H27NOS/c1-2-6-13-9-14(17)16(10-13)11-15(12-18)7-4-3-5-8-15/h13,18H,2-12H2,1H3. The van der Waals surface area contributed by atoms with Crippen LogP contribution in [-0.2, 0) is 4.79 Å². The van der Waals surface area contributed by atoms with Crippen molar-refractivity contribution in [3.05, 3.63) is 0 Å². The summed E-state index contributed by atoms with van der Waals surface area (Å²) in [6.07, 6.45) is 9.72. The molecular formula is C15H27NOS. The molecule has 1 unspecified atom stereocenters. The minimum absolute atomic E-state index is 0.318. The van der Waals surface area contributed by atoms with Crippen LogP contribution in [0.2, 0.25) is 0 Å². The van der Waals surface area contributed by atoms with Gasteiger partial charge in [0.2, 0.25) is 5.91 Å². The number of thiol groups is 1. The van der Waals surface area contributed by atoms with Crippen molar-refractivity contribution in [2.45, 2.75) is 58.3 Å². The highest BCUT2D eigenvalue weighted by molar-refractivity contribution is 7.80. The number of amides is 1. The van der Waals surface area contributed by atoms with Crippen LogP contribution in [0.25, 0.3) is 0 Å². The number of hydrogen-bond donors (Lipinski definition) is 1. The first kappa shape index (κ1) is 14.2. The molecule has 104 valence electrons. The maximum Gasteiger partial charge on any atom is 0.222 e. The topological polar surface area (TPSA) is 20.3 Å². The van der Waals surface area contributed by atoms with Crippen molar-refractivity contribution in [1.29, 1.82) is 0 Å². The second-order valence-corrected chi connectivity index (χ2v) is 6.67. The van der Waals surface area contributed by atoms with E-state index in [1.165, 1.54) is 44.9 Å². The molecule has 2 fully saturated rings. The second kappa shape index (κ2) is 6.31. The lowest BCUT2D eigenvalue weighted by molar-refractivity contribution is -0.129. The van der Waals surface area contributed by atoms with Gasteiger partial charge in [-0.25, -0.2) is 0 Å². The van der Waals surface area contributed by atoms with E-state index >= 15 is 0 Å². The maximum absolute atomic E-state index is 12.1. The SMILES string of the molecule is CCCC1CC(=O)N(CC2(CS)CCCCC2)C1. The Kier molecular flexibility index (Phi) is 4.99. The average Bonchev–Trinajstić information content (AvgIpc) is 2.71. The molecule has 0 aromatic rings. The summed E-state index contributed by atoms with van der Waals surface area (Å²) in [6.45, 7) is 4.18. The highest BCUT2D eigenvalue weighted by Crippen LogP contribution is 2.39. The molecule has 1 aliphatic carbocycles. The van der Waals surface area contributed by atoms with Gasteiger partial charge in [0.05, 0.1) is 0 Å². The predicted molar refractivity (Wildman–Crippen MR) is 79.0 cm³/mol. The Morgan fingerprint density at radius 3 is 2.67 bits per heavy atom. The number of rotatable bonds is 5. The molecule has 0 aromatic heterocycles. The van der Waals surface area contributed by atoms with Gasteiger partial charge in [-0.1, -0.05) is 32.6 Å². The summed E-state index contributed by atoms with van der Waals surface area (Å²) in [7, 11) is 0. The molecule has 1 saturated carbocycles. The van der Waals surface area contributed by atoms with Crippen molar-refractivity contribution in [3.8, 4) is 0 Å². The van der Waals surface area contributed by atoms with Crippen LogP contribution in [0.5, 0.6) is 0 Å². The Balaban J connectivity index is 1.93. The van der Waals surface area contributed by atoms with E-state index in [2.05, 4.69) is 24.5 Å². The van der Waals surface area contributed by atoms with E-state index in [4.69, 9.17) is 0 Å². The molecule has 1 amide bonds. The maximum atomic E-state index is 12.1. The zero-order valence-corrected chi connectivity index (χ0v) is 12.6. The molecule has 1 aliphatic heterocycles. The van der Waals surface area contributed by atoms with Crippen LogP contribution in [0.4, 0.5) is 0 Å². The largest absolute Gasteiger partial charge is 0.342 e. The molecule has 2 rings (SSSR count). The Labute approximate surface area is 117 Å². The quantitative estimate of drug-likeness (QED) is 0.757. The van der Waals surface area contributed by atoms with Gasteiger partial charge in [-0.3, -0.25) is 4.79 Å². The fourth-order valence-corrected chi connectivity index (χ4v) is 4.10. The summed E-state index contributed by atoms with van der Waals surface area (Å²) in [5.41, 5.74) is 0.318. The number of nitrogens with zero attached hydrogens (tertiary/aromatic N) is 1. The first-order valence-corrected chi connectivity index (χ1v) is 8.21. The molecule has 0 aromatic carbocycles. The zero-order chi connectivity index (χ0) is 13.0. The molecule has 0 N–H and O–H groups in total. The molecule has 0 radical (unpaired) electrons. The van der Waals surface area contributed by atoms with Gasteiger partial charge in [0.1, 0.15) is 0 Å². The van der Waals surface area contributed by atoms with E-state index in [0.29, 0.717) is 17.2 Å². The van der Waals surface area contributed by atoms with Crippen LogP contribution in [0, 0.1) is 11.3 Å². The summed E-state index contributed by atoms with van der Waals surface area (Å²) in [6, 6.07) is 0. The molecule has 0 bridgehead atoms. The van der Waals surface area contributed by atoms with Gasteiger partial charge < -0.3 is 4.90 Å². The van der Waals surface area contributed by atoms with Gasteiger partial charge in [-0.15, -0.1) is 0 Å². The normalized spacial score (nSPS) is 27.8. The highest BCUT2D eigenvalue weighted by atomic mass is 32.1. The fraction of sp³-hybridized carbons (Fsp3) is 0.933. The molecule has 2 nitrogen and oxygen atoms in total. The van der Waals surface area contributed by atoms with Crippen LogP contribution in [0.15, 0.2) is 0 Å². The lowest BCUT2D eigenvalue weighted by Gasteiger charge is -2.39. The lowest BCUT2D eigenvalue weighted by atomic mass is 9.75. The monoisotopic (exact) mass is 269 g/mol. The van der Waals surface area contributed by atoms with Crippen LogP contribution < -0.4 is 0 Å². The minimum atomic E-state index is 0.318. The molecule has 1 saturated heterocycles. The van der Waals surface area contributed by atoms with E-state index < -0.39 is 0 Å². The zero-order valence-electron chi connectivity index (χ0n) is 11.7. The number of hydrogen-bond acceptors (Lipinski definition) is 2. The van der Waals surface area contributed by atoms with Crippen molar-refractivity contribution in [3.63, 3.8) is 0 Å². The van der Waals surface area contributed by atoms with Crippen molar-refractivity contribution in [2.24, 2.45) is 11.3 Å². The third-order valence-corrected chi connectivity index (χ3v) is 5.44. The van der Waals surface area contributed by atoms with E-state index in [0.717, 1.165) is 25.3 Å².